The van der Waals surface area contributed by atoms with Gasteiger partial charge >= 0.3 is 0 Å². The molecular formula is C21H23N2OS2+. The summed E-state index contributed by atoms with van der Waals surface area (Å²) in [7, 11) is 0. The molecule has 1 unspecified atom stereocenters. The number of rotatable bonds is 4. The summed E-state index contributed by atoms with van der Waals surface area (Å²) in [4.78, 5) is 16.9. The highest BCUT2D eigenvalue weighted by Crippen LogP contribution is 2.31. The summed E-state index contributed by atoms with van der Waals surface area (Å²) < 4.78 is 0. The van der Waals surface area contributed by atoms with E-state index in [-0.39, 0.29) is 11.9 Å². The lowest BCUT2D eigenvalue weighted by Crippen LogP contribution is -3.14. The number of thiophene rings is 2. The quantitative estimate of drug-likeness (QED) is 0.709. The van der Waals surface area contributed by atoms with Gasteiger partial charge in [0.25, 0.3) is 5.91 Å². The third-order valence-electron chi connectivity index (χ3n) is 5.18. The van der Waals surface area contributed by atoms with Crippen molar-refractivity contribution in [1.29, 1.82) is 0 Å². The zero-order valence-electron chi connectivity index (χ0n) is 15.0. The first-order valence-corrected chi connectivity index (χ1v) is 10.7. The molecule has 0 fully saturated rings. The van der Waals surface area contributed by atoms with Gasteiger partial charge in [0.1, 0.15) is 6.04 Å². The molecule has 134 valence electrons. The third kappa shape index (κ3) is 3.47. The summed E-state index contributed by atoms with van der Waals surface area (Å²) in [6.45, 7) is 5.65. The van der Waals surface area contributed by atoms with Gasteiger partial charge < -0.3 is 10.2 Å². The van der Waals surface area contributed by atoms with E-state index < -0.39 is 0 Å². The number of carbonyl (C=O) groups excluding carboxylic acids is 1. The van der Waals surface area contributed by atoms with Gasteiger partial charge in [0.2, 0.25) is 0 Å². The molecule has 2 atom stereocenters. The van der Waals surface area contributed by atoms with Crippen molar-refractivity contribution >= 4 is 34.3 Å². The van der Waals surface area contributed by atoms with E-state index in [4.69, 9.17) is 0 Å². The summed E-state index contributed by atoms with van der Waals surface area (Å²) in [5, 5.41) is 7.40. The first-order valence-electron chi connectivity index (χ1n) is 8.93. The standard InChI is InChI=1S/C21H22N2OS2/c1-14-5-6-16(12-15(14)2)22-20(24)13-23-9-7-18-17(8-11-26-18)21(23)19-4-3-10-25-19/h3-6,8,10-12,21H,7,9,13H2,1-2H3,(H,22,24)/p+1/t21-/m0/s1. The Kier molecular flexibility index (Phi) is 4.94. The molecule has 1 aliphatic heterocycles. The molecule has 26 heavy (non-hydrogen) atoms. The van der Waals surface area contributed by atoms with Crippen LogP contribution in [0.2, 0.25) is 0 Å². The van der Waals surface area contributed by atoms with Crippen molar-refractivity contribution in [1.82, 2.24) is 0 Å². The van der Waals surface area contributed by atoms with Gasteiger partial charge in [-0.05, 0) is 60.0 Å². The molecule has 3 heterocycles. The van der Waals surface area contributed by atoms with Crippen LogP contribution in [0, 0.1) is 13.8 Å². The maximum absolute atomic E-state index is 12.7. The van der Waals surface area contributed by atoms with E-state index in [9.17, 15) is 4.79 Å². The highest BCUT2D eigenvalue weighted by molar-refractivity contribution is 7.10. The van der Waals surface area contributed by atoms with E-state index in [1.165, 1.54) is 31.3 Å². The average molecular weight is 384 g/mol. The van der Waals surface area contributed by atoms with Gasteiger partial charge in [-0.2, -0.15) is 0 Å². The van der Waals surface area contributed by atoms with Crippen LogP contribution >= 0.6 is 22.7 Å². The van der Waals surface area contributed by atoms with Crippen LogP contribution in [-0.4, -0.2) is 19.0 Å². The van der Waals surface area contributed by atoms with Crippen molar-refractivity contribution in [2.24, 2.45) is 0 Å². The van der Waals surface area contributed by atoms with E-state index in [2.05, 4.69) is 54.2 Å². The molecule has 0 saturated heterocycles. The molecule has 3 nitrogen and oxygen atoms in total. The molecule has 0 aliphatic carbocycles. The largest absolute Gasteiger partial charge is 0.321 e. The maximum atomic E-state index is 12.7. The third-order valence-corrected chi connectivity index (χ3v) is 7.11. The number of anilines is 1. The number of aryl methyl sites for hydroxylation is 2. The van der Waals surface area contributed by atoms with Crippen molar-refractivity contribution in [3.63, 3.8) is 0 Å². The number of hydrogen-bond donors (Lipinski definition) is 2. The van der Waals surface area contributed by atoms with Crippen LogP contribution in [-0.2, 0) is 11.2 Å². The topological polar surface area (TPSA) is 33.5 Å². The molecule has 1 aliphatic rings. The normalized spacial score (nSPS) is 19.2. The van der Waals surface area contributed by atoms with Gasteiger partial charge in [0.05, 0.1) is 11.4 Å². The van der Waals surface area contributed by atoms with E-state index in [1.54, 1.807) is 11.3 Å². The van der Waals surface area contributed by atoms with Crippen molar-refractivity contribution in [2.75, 3.05) is 18.4 Å². The lowest BCUT2D eigenvalue weighted by Gasteiger charge is -2.31. The van der Waals surface area contributed by atoms with E-state index in [0.717, 1.165) is 18.7 Å². The average Bonchev–Trinajstić information content (AvgIpc) is 3.29. The second-order valence-corrected chi connectivity index (χ2v) is 8.91. The zero-order chi connectivity index (χ0) is 18.1. The van der Waals surface area contributed by atoms with Crippen molar-refractivity contribution in [3.8, 4) is 0 Å². The van der Waals surface area contributed by atoms with Crippen molar-refractivity contribution < 1.29 is 9.69 Å². The van der Waals surface area contributed by atoms with Crippen molar-refractivity contribution in [2.45, 2.75) is 26.3 Å². The fourth-order valence-corrected chi connectivity index (χ4v) is 5.50. The van der Waals surface area contributed by atoms with Crippen LogP contribution in [0.25, 0.3) is 0 Å². The van der Waals surface area contributed by atoms with Crippen molar-refractivity contribution in [3.05, 3.63) is 73.6 Å². The number of benzene rings is 1. The summed E-state index contributed by atoms with van der Waals surface area (Å²) >= 11 is 3.63. The number of carbonyl (C=O) groups is 1. The Morgan fingerprint density at radius 1 is 1.15 bits per heavy atom. The molecule has 1 amide bonds. The van der Waals surface area contributed by atoms with Crippen LogP contribution in [0.4, 0.5) is 5.69 Å². The fourth-order valence-electron chi connectivity index (χ4n) is 3.68. The molecule has 0 bridgehead atoms. The van der Waals surface area contributed by atoms with Gasteiger partial charge in [0.15, 0.2) is 6.54 Å². The molecule has 1 aromatic carbocycles. The van der Waals surface area contributed by atoms with E-state index in [1.807, 2.05) is 23.5 Å². The minimum atomic E-state index is 0.0866. The van der Waals surface area contributed by atoms with E-state index >= 15 is 0 Å². The van der Waals surface area contributed by atoms with Gasteiger partial charge in [-0.1, -0.05) is 12.1 Å². The van der Waals surface area contributed by atoms with Gasteiger partial charge in [0, 0.05) is 22.5 Å². The SMILES string of the molecule is Cc1ccc(NC(=O)C[NH+]2CCc3sccc3[C@H]2c2cccs2)cc1C. The number of hydrogen-bond acceptors (Lipinski definition) is 3. The highest BCUT2D eigenvalue weighted by atomic mass is 32.1. The van der Waals surface area contributed by atoms with Gasteiger partial charge in [-0.25, -0.2) is 0 Å². The first kappa shape index (κ1) is 17.5. The second kappa shape index (κ2) is 7.35. The van der Waals surface area contributed by atoms with Gasteiger partial charge in [-0.3, -0.25) is 4.79 Å². The molecule has 0 radical (unpaired) electrons. The smallest absolute Gasteiger partial charge is 0.279 e. The summed E-state index contributed by atoms with van der Waals surface area (Å²) in [6, 6.07) is 12.9. The summed E-state index contributed by atoms with van der Waals surface area (Å²) in [5.41, 5.74) is 4.73. The molecule has 3 aromatic rings. The second-order valence-electron chi connectivity index (χ2n) is 6.93. The Bertz CT molecular complexity index is 914. The van der Waals surface area contributed by atoms with Crippen LogP contribution < -0.4 is 10.2 Å². The first-order chi connectivity index (χ1) is 12.6. The Labute approximate surface area is 162 Å². The fraction of sp³-hybridized carbons (Fsp3) is 0.286. The Morgan fingerprint density at radius 3 is 2.81 bits per heavy atom. The lowest BCUT2D eigenvalue weighted by molar-refractivity contribution is -0.919. The zero-order valence-corrected chi connectivity index (χ0v) is 16.7. The van der Waals surface area contributed by atoms with Crippen LogP contribution in [0.1, 0.15) is 32.5 Å². The molecule has 5 heteroatoms. The Balaban J connectivity index is 1.53. The Morgan fingerprint density at radius 2 is 2.04 bits per heavy atom. The van der Waals surface area contributed by atoms with Crippen LogP contribution in [0.5, 0.6) is 0 Å². The molecule has 4 rings (SSSR count). The van der Waals surface area contributed by atoms with Gasteiger partial charge in [-0.15, -0.1) is 22.7 Å². The predicted octanol–water partition coefficient (Wildman–Crippen LogP) is 3.60. The minimum absolute atomic E-state index is 0.0866. The number of quaternary nitrogens is 1. The monoisotopic (exact) mass is 383 g/mol. The Hall–Kier alpha value is -1.95. The lowest BCUT2D eigenvalue weighted by atomic mass is 9.98. The number of amides is 1. The highest BCUT2D eigenvalue weighted by Gasteiger charge is 2.35. The van der Waals surface area contributed by atoms with E-state index in [0.29, 0.717) is 6.54 Å². The number of nitrogens with one attached hydrogen (secondary N) is 2. The predicted molar refractivity (Wildman–Crippen MR) is 109 cm³/mol. The molecular weight excluding hydrogens is 360 g/mol. The summed E-state index contributed by atoms with van der Waals surface area (Å²) in [5.74, 6) is 0.0866. The molecule has 0 spiro atoms. The maximum Gasteiger partial charge on any atom is 0.279 e. The molecule has 0 saturated carbocycles. The summed E-state index contributed by atoms with van der Waals surface area (Å²) in [6.07, 6.45) is 1.06. The minimum Gasteiger partial charge on any atom is -0.321 e. The molecule has 2 aromatic heterocycles. The van der Waals surface area contributed by atoms with Crippen LogP contribution in [0.15, 0.2) is 47.2 Å². The molecule has 2 N–H and O–H groups in total. The van der Waals surface area contributed by atoms with Crippen LogP contribution in [0.3, 0.4) is 0 Å². The number of fused-ring (bicyclic) bond motifs is 1.